The van der Waals surface area contributed by atoms with Gasteiger partial charge >= 0.3 is 0 Å². The predicted octanol–water partition coefficient (Wildman–Crippen LogP) is 3.35. The molecule has 0 aliphatic rings. The highest BCUT2D eigenvalue weighted by atomic mass is 16.3. The van der Waals surface area contributed by atoms with Crippen LogP contribution in [0.5, 0.6) is 5.75 Å². The number of phenols is 1. The maximum atomic E-state index is 12.9. The van der Waals surface area contributed by atoms with Crippen molar-refractivity contribution >= 4 is 22.4 Å². The Kier molecular flexibility index (Phi) is 4.19. The molecule has 0 saturated heterocycles. The highest BCUT2D eigenvalue weighted by molar-refractivity contribution is 6.14. The van der Waals surface area contributed by atoms with E-state index >= 15 is 0 Å². The SMILES string of the molecule is C=CCc1cc(C(=O)c2cnc(N)c(C#N)c2)c(O)c2ccccc12. The van der Waals surface area contributed by atoms with Crippen molar-refractivity contribution in [2.45, 2.75) is 6.42 Å². The van der Waals surface area contributed by atoms with Crippen molar-refractivity contribution in [1.29, 1.82) is 5.26 Å². The Bertz CT molecular complexity index is 1050. The van der Waals surface area contributed by atoms with Crippen LogP contribution < -0.4 is 5.73 Å². The number of nitriles is 1. The van der Waals surface area contributed by atoms with E-state index in [1.54, 1.807) is 24.3 Å². The van der Waals surface area contributed by atoms with E-state index in [0.29, 0.717) is 11.8 Å². The molecule has 0 saturated carbocycles. The van der Waals surface area contributed by atoms with Gasteiger partial charge in [0.15, 0.2) is 5.78 Å². The molecular formula is C20H15N3O2. The van der Waals surface area contributed by atoms with Gasteiger partial charge in [-0.3, -0.25) is 4.79 Å². The minimum absolute atomic E-state index is 0.0640. The van der Waals surface area contributed by atoms with E-state index in [-0.39, 0.29) is 28.3 Å². The highest BCUT2D eigenvalue weighted by Crippen LogP contribution is 2.33. The van der Waals surface area contributed by atoms with E-state index in [1.165, 1.54) is 12.3 Å². The Hall–Kier alpha value is -3.65. The third kappa shape index (κ3) is 2.81. The molecule has 25 heavy (non-hydrogen) atoms. The van der Waals surface area contributed by atoms with E-state index in [2.05, 4.69) is 11.6 Å². The van der Waals surface area contributed by atoms with Gasteiger partial charge in [0.1, 0.15) is 17.6 Å². The lowest BCUT2D eigenvalue weighted by Crippen LogP contribution is -2.06. The number of anilines is 1. The number of rotatable bonds is 4. The molecule has 0 aliphatic heterocycles. The maximum Gasteiger partial charge on any atom is 0.198 e. The second-order valence-corrected chi connectivity index (χ2v) is 5.57. The Morgan fingerprint density at radius 3 is 2.72 bits per heavy atom. The fourth-order valence-corrected chi connectivity index (χ4v) is 2.78. The molecule has 122 valence electrons. The molecule has 0 atom stereocenters. The Labute approximate surface area is 144 Å². The molecule has 0 amide bonds. The maximum absolute atomic E-state index is 12.9. The standard InChI is InChI=1S/C20H15N3O2/c1-2-5-12-9-17(19(25)16-7-4-3-6-15(12)16)18(24)14-8-13(10-21)20(22)23-11-14/h2-4,6-9,11,25H,1,5H2,(H2,22,23). The van der Waals surface area contributed by atoms with Crippen LogP contribution in [0.3, 0.4) is 0 Å². The number of carbonyl (C=O) groups is 1. The number of aromatic nitrogens is 1. The van der Waals surface area contributed by atoms with Crippen molar-refractivity contribution in [3.8, 4) is 11.8 Å². The average Bonchev–Trinajstić information content (AvgIpc) is 2.64. The number of nitrogens with two attached hydrogens (primary N) is 1. The van der Waals surface area contributed by atoms with Crippen molar-refractivity contribution in [3.05, 3.63) is 77.5 Å². The van der Waals surface area contributed by atoms with Crippen LogP contribution in [-0.4, -0.2) is 15.9 Å². The van der Waals surface area contributed by atoms with Crippen LogP contribution in [-0.2, 0) is 6.42 Å². The van der Waals surface area contributed by atoms with E-state index in [0.717, 1.165) is 10.9 Å². The van der Waals surface area contributed by atoms with Gasteiger partial charge in [0.2, 0.25) is 0 Å². The van der Waals surface area contributed by atoms with Gasteiger partial charge in [0.05, 0.1) is 11.1 Å². The first-order valence-electron chi connectivity index (χ1n) is 7.61. The van der Waals surface area contributed by atoms with Crippen LogP contribution in [0.15, 0.2) is 55.3 Å². The number of carbonyl (C=O) groups excluding carboxylic acids is 1. The molecule has 0 radical (unpaired) electrons. The minimum Gasteiger partial charge on any atom is -0.507 e. The number of ketones is 1. The number of aromatic hydroxyl groups is 1. The summed E-state index contributed by atoms with van der Waals surface area (Å²) in [6, 6.07) is 12.3. The molecular weight excluding hydrogens is 314 g/mol. The number of benzene rings is 2. The van der Waals surface area contributed by atoms with Crippen LogP contribution in [0.4, 0.5) is 5.82 Å². The smallest absolute Gasteiger partial charge is 0.198 e. The zero-order valence-electron chi connectivity index (χ0n) is 13.4. The fourth-order valence-electron chi connectivity index (χ4n) is 2.78. The molecule has 1 aromatic heterocycles. The zero-order valence-corrected chi connectivity index (χ0v) is 13.4. The van der Waals surface area contributed by atoms with Gasteiger partial charge in [-0.25, -0.2) is 4.98 Å². The lowest BCUT2D eigenvalue weighted by atomic mass is 9.93. The molecule has 0 unspecified atom stereocenters. The summed E-state index contributed by atoms with van der Waals surface area (Å²) in [5.74, 6) is -0.449. The summed E-state index contributed by atoms with van der Waals surface area (Å²) < 4.78 is 0. The van der Waals surface area contributed by atoms with Crippen molar-refractivity contribution in [2.24, 2.45) is 0 Å². The Balaban J connectivity index is 2.21. The molecule has 0 aliphatic carbocycles. The molecule has 5 nitrogen and oxygen atoms in total. The highest BCUT2D eigenvalue weighted by Gasteiger charge is 2.19. The molecule has 0 bridgehead atoms. The van der Waals surface area contributed by atoms with E-state index < -0.39 is 5.78 Å². The van der Waals surface area contributed by atoms with Crippen LogP contribution in [0, 0.1) is 11.3 Å². The molecule has 0 spiro atoms. The van der Waals surface area contributed by atoms with Crippen LogP contribution >= 0.6 is 0 Å². The number of nitrogens with zero attached hydrogens (tertiary/aromatic N) is 2. The summed E-state index contributed by atoms with van der Waals surface area (Å²) in [6.07, 6.45) is 3.61. The Morgan fingerprint density at radius 1 is 1.32 bits per heavy atom. The third-order valence-electron chi connectivity index (χ3n) is 4.01. The summed E-state index contributed by atoms with van der Waals surface area (Å²) in [5.41, 5.74) is 6.96. The number of nitrogen functional groups attached to an aromatic ring is 1. The van der Waals surface area contributed by atoms with Crippen LogP contribution in [0.2, 0.25) is 0 Å². The lowest BCUT2D eigenvalue weighted by Gasteiger charge is -2.12. The molecule has 3 N–H and O–H groups in total. The first kappa shape index (κ1) is 16.2. The van der Waals surface area contributed by atoms with Gasteiger partial charge in [-0.15, -0.1) is 6.58 Å². The summed E-state index contributed by atoms with van der Waals surface area (Å²) >= 11 is 0. The van der Waals surface area contributed by atoms with Crippen LogP contribution in [0.25, 0.3) is 10.8 Å². The molecule has 3 rings (SSSR count). The number of allylic oxidation sites excluding steroid dienone is 1. The third-order valence-corrected chi connectivity index (χ3v) is 4.01. The van der Waals surface area contributed by atoms with Crippen LogP contribution in [0.1, 0.15) is 27.0 Å². The quantitative estimate of drug-likeness (QED) is 0.565. The number of hydrogen-bond acceptors (Lipinski definition) is 5. The minimum atomic E-state index is -0.419. The zero-order chi connectivity index (χ0) is 18.0. The monoisotopic (exact) mass is 329 g/mol. The second-order valence-electron chi connectivity index (χ2n) is 5.57. The van der Waals surface area contributed by atoms with Gasteiger partial charge in [0, 0.05) is 17.1 Å². The van der Waals surface area contributed by atoms with Crippen molar-refractivity contribution in [1.82, 2.24) is 4.98 Å². The van der Waals surface area contributed by atoms with Gasteiger partial charge in [-0.2, -0.15) is 5.26 Å². The number of fused-ring (bicyclic) bond motifs is 1. The molecule has 2 aromatic carbocycles. The summed E-state index contributed by atoms with van der Waals surface area (Å²) in [6.45, 7) is 3.74. The lowest BCUT2D eigenvalue weighted by molar-refractivity contribution is 0.103. The molecule has 0 fully saturated rings. The van der Waals surface area contributed by atoms with Crippen molar-refractivity contribution in [2.75, 3.05) is 5.73 Å². The fraction of sp³-hybridized carbons (Fsp3) is 0.0500. The summed E-state index contributed by atoms with van der Waals surface area (Å²) in [7, 11) is 0. The van der Waals surface area contributed by atoms with Crippen molar-refractivity contribution in [3.63, 3.8) is 0 Å². The number of hydrogen-bond donors (Lipinski definition) is 2. The van der Waals surface area contributed by atoms with Gasteiger partial charge in [-0.1, -0.05) is 30.3 Å². The number of phenolic OH excluding ortho intramolecular Hbond substituents is 1. The Morgan fingerprint density at radius 2 is 2.04 bits per heavy atom. The van der Waals surface area contributed by atoms with E-state index in [1.807, 2.05) is 18.2 Å². The normalized spacial score (nSPS) is 10.4. The van der Waals surface area contributed by atoms with Crippen molar-refractivity contribution < 1.29 is 9.90 Å². The average molecular weight is 329 g/mol. The van der Waals surface area contributed by atoms with Gasteiger partial charge in [0.25, 0.3) is 0 Å². The van der Waals surface area contributed by atoms with E-state index in [4.69, 9.17) is 11.0 Å². The second kappa shape index (κ2) is 6.46. The predicted molar refractivity (Wildman–Crippen MR) is 96.3 cm³/mol. The largest absolute Gasteiger partial charge is 0.507 e. The first-order valence-corrected chi connectivity index (χ1v) is 7.61. The molecule has 3 aromatic rings. The summed E-state index contributed by atoms with van der Waals surface area (Å²) in [5, 5.41) is 21.1. The summed E-state index contributed by atoms with van der Waals surface area (Å²) in [4.78, 5) is 16.8. The van der Waals surface area contributed by atoms with Gasteiger partial charge < -0.3 is 10.8 Å². The van der Waals surface area contributed by atoms with Gasteiger partial charge in [-0.05, 0) is 29.5 Å². The van der Waals surface area contributed by atoms with E-state index in [9.17, 15) is 9.90 Å². The molecule has 5 heteroatoms. The molecule has 1 heterocycles. The number of pyridine rings is 1. The topological polar surface area (TPSA) is 100 Å². The first-order chi connectivity index (χ1) is 12.1.